The summed E-state index contributed by atoms with van der Waals surface area (Å²) in [4.78, 5) is 14.2. The summed E-state index contributed by atoms with van der Waals surface area (Å²) in [6, 6.07) is 8.88. The van der Waals surface area contributed by atoms with Gasteiger partial charge >= 0.3 is 0 Å². The number of aryl methyl sites for hydroxylation is 1. The Morgan fingerprint density at radius 2 is 2.09 bits per heavy atom. The Morgan fingerprint density at radius 3 is 2.70 bits per heavy atom. The maximum Gasteiger partial charge on any atom is 0.258 e. The van der Waals surface area contributed by atoms with Gasteiger partial charge in [-0.2, -0.15) is 0 Å². The van der Waals surface area contributed by atoms with Gasteiger partial charge in [-0.3, -0.25) is 4.79 Å². The molecule has 1 N–H and O–H groups in total. The zero-order valence-electron chi connectivity index (χ0n) is 12.8. The summed E-state index contributed by atoms with van der Waals surface area (Å²) >= 11 is 13.4. The molecule has 1 amide bonds. The van der Waals surface area contributed by atoms with Crippen LogP contribution in [0.5, 0.6) is 5.75 Å². The molecule has 2 aromatic rings. The van der Waals surface area contributed by atoms with Crippen molar-refractivity contribution in [2.45, 2.75) is 13.0 Å². The van der Waals surface area contributed by atoms with E-state index in [2.05, 4.69) is 5.32 Å². The highest BCUT2D eigenvalue weighted by Gasteiger charge is 2.14. The Balaban J connectivity index is 1.82. The van der Waals surface area contributed by atoms with Crippen LogP contribution in [0.25, 0.3) is 0 Å². The molecular formula is C16H17Cl2NO3S. The predicted octanol–water partition coefficient (Wildman–Crippen LogP) is 4.25. The molecule has 0 aliphatic rings. The van der Waals surface area contributed by atoms with E-state index in [4.69, 9.17) is 32.7 Å². The lowest BCUT2D eigenvalue weighted by molar-refractivity contribution is -0.123. The molecule has 0 spiro atoms. The van der Waals surface area contributed by atoms with Crippen LogP contribution in [0.3, 0.4) is 0 Å². The van der Waals surface area contributed by atoms with Crippen LogP contribution >= 0.6 is 34.5 Å². The molecular weight excluding hydrogens is 357 g/mol. The smallest absolute Gasteiger partial charge is 0.258 e. The molecule has 4 nitrogen and oxygen atoms in total. The monoisotopic (exact) mass is 373 g/mol. The number of methoxy groups -OCH3 is 1. The Hall–Kier alpha value is -1.27. The fraction of sp³-hybridized carbons (Fsp3) is 0.312. The molecule has 7 heteroatoms. The highest BCUT2D eigenvalue weighted by atomic mass is 35.5. The van der Waals surface area contributed by atoms with Crippen LogP contribution < -0.4 is 10.1 Å². The van der Waals surface area contributed by atoms with Gasteiger partial charge in [-0.05, 0) is 37.3 Å². The molecule has 0 radical (unpaired) electrons. The number of carbonyl (C=O) groups excluding carboxylic acids is 1. The van der Waals surface area contributed by atoms with Crippen LogP contribution in [0.4, 0.5) is 0 Å². The first kappa shape index (κ1) is 18.1. The maximum atomic E-state index is 11.9. The Bertz CT molecular complexity index is 675. The molecule has 0 saturated heterocycles. The van der Waals surface area contributed by atoms with E-state index in [1.807, 2.05) is 19.1 Å². The van der Waals surface area contributed by atoms with E-state index < -0.39 is 0 Å². The SMILES string of the molecule is COC(CNC(=O)COc1ccc(Cl)cc1Cl)c1ccc(C)s1. The first-order valence-corrected chi connectivity index (χ1v) is 8.50. The third-order valence-electron chi connectivity index (χ3n) is 3.10. The van der Waals surface area contributed by atoms with E-state index in [0.717, 1.165) is 4.88 Å². The van der Waals surface area contributed by atoms with Crippen molar-refractivity contribution in [3.8, 4) is 5.75 Å². The molecule has 0 fully saturated rings. The lowest BCUT2D eigenvalue weighted by Gasteiger charge is -2.15. The summed E-state index contributed by atoms with van der Waals surface area (Å²) in [5.41, 5.74) is 0. The fourth-order valence-corrected chi connectivity index (χ4v) is 3.34. The molecule has 124 valence electrons. The van der Waals surface area contributed by atoms with Gasteiger partial charge in [0.05, 0.1) is 5.02 Å². The average molecular weight is 374 g/mol. The first-order valence-electron chi connectivity index (χ1n) is 6.93. The second kappa shape index (κ2) is 8.55. The molecule has 2 rings (SSSR count). The average Bonchev–Trinajstić information content (AvgIpc) is 2.93. The summed E-state index contributed by atoms with van der Waals surface area (Å²) in [5, 5.41) is 3.68. The van der Waals surface area contributed by atoms with Gasteiger partial charge in [0.2, 0.25) is 0 Å². The summed E-state index contributed by atoms with van der Waals surface area (Å²) < 4.78 is 10.8. The van der Waals surface area contributed by atoms with Crippen LogP contribution in [0.2, 0.25) is 10.0 Å². The molecule has 1 heterocycles. The number of carbonyl (C=O) groups is 1. The molecule has 1 atom stereocenters. The molecule has 1 aromatic heterocycles. The Labute approximate surface area is 149 Å². The van der Waals surface area contributed by atoms with E-state index in [1.54, 1.807) is 36.6 Å². The van der Waals surface area contributed by atoms with Gasteiger partial charge in [0, 0.05) is 28.4 Å². The summed E-state index contributed by atoms with van der Waals surface area (Å²) in [7, 11) is 1.62. The maximum absolute atomic E-state index is 11.9. The first-order chi connectivity index (χ1) is 11.0. The second-order valence-corrected chi connectivity index (χ2v) is 7.00. The number of amides is 1. The summed E-state index contributed by atoms with van der Waals surface area (Å²) in [5.74, 6) is 0.176. The van der Waals surface area contributed by atoms with Gasteiger partial charge in [-0.1, -0.05) is 23.2 Å². The van der Waals surface area contributed by atoms with E-state index >= 15 is 0 Å². The van der Waals surface area contributed by atoms with Gasteiger partial charge < -0.3 is 14.8 Å². The van der Waals surface area contributed by atoms with Crippen molar-refractivity contribution in [2.75, 3.05) is 20.3 Å². The van der Waals surface area contributed by atoms with Gasteiger partial charge in [0.1, 0.15) is 11.9 Å². The minimum absolute atomic E-state index is 0.124. The van der Waals surface area contributed by atoms with Crippen molar-refractivity contribution in [1.82, 2.24) is 5.32 Å². The predicted molar refractivity (Wildman–Crippen MR) is 93.8 cm³/mol. The number of hydrogen-bond acceptors (Lipinski definition) is 4. The van der Waals surface area contributed by atoms with Crippen molar-refractivity contribution < 1.29 is 14.3 Å². The molecule has 0 bridgehead atoms. The minimum Gasteiger partial charge on any atom is -0.482 e. The van der Waals surface area contributed by atoms with Crippen LogP contribution in [-0.4, -0.2) is 26.2 Å². The third kappa shape index (κ3) is 5.39. The highest BCUT2D eigenvalue weighted by Crippen LogP contribution is 2.27. The molecule has 0 aliphatic carbocycles. The fourth-order valence-electron chi connectivity index (χ4n) is 1.92. The standard InChI is InChI=1S/C16H17Cl2NO3S/c1-10-3-6-15(23-10)14(21-2)8-19-16(20)9-22-13-5-4-11(17)7-12(13)18/h3-7,14H,8-9H2,1-2H3,(H,19,20). The zero-order chi connectivity index (χ0) is 16.8. The lowest BCUT2D eigenvalue weighted by atomic mass is 10.3. The largest absolute Gasteiger partial charge is 0.482 e. The number of rotatable bonds is 7. The Kier molecular flexibility index (Phi) is 6.72. The van der Waals surface area contributed by atoms with Crippen LogP contribution in [-0.2, 0) is 9.53 Å². The number of thiophene rings is 1. The number of nitrogens with one attached hydrogen (secondary N) is 1. The number of hydrogen-bond donors (Lipinski definition) is 1. The zero-order valence-corrected chi connectivity index (χ0v) is 15.1. The third-order valence-corrected chi connectivity index (χ3v) is 4.72. The molecule has 1 aromatic carbocycles. The lowest BCUT2D eigenvalue weighted by Crippen LogP contribution is -2.32. The normalized spacial score (nSPS) is 12.0. The van der Waals surface area contributed by atoms with Crippen molar-refractivity contribution >= 4 is 40.4 Å². The van der Waals surface area contributed by atoms with E-state index in [-0.39, 0.29) is 18.6 Å². The number of ether oxygens (including phenoxy) is 2. The van der Waals surface area contributed by atoms with Crippen LogP contribution in [0.1, 0.15) is 15.9 Å². The van der Waals surface area contributed by atoms with Crippen molar-refractivity contribution in [3.05, 3.63) is 50.1 Å². The van der Waals surface area contributed by atoms with Gasteiger partial charge in [-0.15, -0.1) is 11.3 Å². The molecule has 0 saturated carbocycles. The van der Waals surface area contributed by atoms with E-state index in [1.165, 1.54) is 4.88 Å². The topological polar surface area (TPSA) is 47.6 Å². The van der Waals surface area contributed by atoms with E-state index in [9.17, 15) is 4.79 Å². The minimum atomic E-state index is -0.244. The van der Waals surface area contributed by atoms with Gasteiger partial charge in [-0.25, -0.2) is 0 Å². The van der Waals surface area contributed by atoms with Crippen molar-refractivity contribution in [3.63, 3.8) is 0 Å². The van der Waals surface area contributed by atoms with E-state index in [0.29, 0.717) is 22.3 Å². The number of halogens is 2. The molecule has 23 heavy (non-hydrogen) atoms. The Morgan fingerprint density at radius 1 is 1.30 bits per heavy atom. The highest BCUT2D eigenvalue weighted by molar-refractivity contribution is 7.12. The number of benzene rings is 1. The van der Waals surface area contributed by atoms with Gasteiger partial charge in [0.15, 0.2) is 6.61 Å². The van der Waals surface area contributed by atoms with Crippen LogP contribution in [0, 0.1) is 6.92 Å². The van der Waals surface area contributed by atoms with Crippen molar-refractivity contribution in [2.24, 2.45) is 0 Å². The van der Waals surface area contributed by atoms with Gasteiger partial charge in [0.25, 0.3) is 5.91 Å². The van der Waals surface area contributed by atoms with Crippen molar-refractivity contribution in [1.29, 1.82) is 0 Å². The quantitative estimate of drug-likeness (QED) is 0.788. The molecule has 1 unspecified atom stereocenters. The second-order valence-electron chi connectivity index (χ2n) is 4.84. The summed E-state index contributed by atoms with van der Waals surface area (Å²) in [6.07, 6.45) is -0.170. The molecule has 0 aliphatic heterocycles. The van der Waals surface area contributed by atoms with Crippen LogP contribution in [0.15, 0.2) is 30.3 Å². The summed E-state index contributed by atoms with van der Waals surface area (Å²) in [6.45, 7) is 2.29.